The van der Waals surface area contributed by atoms with E-state index in [1.807, 2.05) is 0 Å². The van der Waals surface area contributed by atoms with Crippen molar-refractivity contribution in [1.29, 1.82) is 0 Å². The van der Waals surface area contributed by atoms with Crippen LogP contribution in [0.2, 0.25) is 0 Å². The van der Waals surface area contributed by atoms with Gasteiger partial charge in [-0.05, 0) is 75.2 Å². The van der Waals surface area contributed by atoms with E-state index in [-0.39, 0.29) is 0 Å². The molecule has 0 unspecified atom stereocenters. The van der Waals surface area contributed by atoms with Crippen molar-refractivity contribution in [3.05, 3.63) is 71.8 Å². The lowest BCUT2D eigenvalue weighted by Gasteiger charge is -2.32. The van der Waals surface area contributed by atoms with Gasteiger partial charge in [-0.2, -0.15) is 0 Å². The van der Waals surface area contributed by atoms with Crippen LogP contribution in [-0.2, 0) is 12.8 Å². The van der Waals surface area contributed by atoms with Gasteiger partial charge in [-0.1, -0.05) is 67.1 Å². The van der Waals surface area contributed by atoms with E-state index in [0.29, 0.717) is 0 Å². The van der Waals surface area contributed by atoms with Gasteiger partial charge < -0.3 is 4.90 Å². The van der Waals surface area contributed by atoms with Crippen LogP contribution in [0.15, 0.2) is 60.7 Å². The molecule has 0 spiro atoms. The Hall–Kier alpha value is -1.60. The summed E-state index contributed by atoms with van der Waals surface area (Å²) < 4.78 is 0. The van der Waals surface area contributed by atoms with E-state index < -0.39 is 0 Å². The lowest BCUT2D eigenvalue weighted by molar-refractivity contribution is 0.181. The SMILES string of the molecule is c1ccc(CCCCCN2CCC(Cc3ccccc3)CC2)cc1. The van der Waals surface area contributed by atoms with Crippen LogP contribution in [0.1, 0.15) is 43.2 Å². The van der Waals surface area contributed by atoms with E-state index in [4.69, 9.17) is 0 Å². The molecule has 0 radical (unpaired) electrons. The van der Waals surface area contributed by atoms with Crippen LogP contribution >= 0.6 is 0 Å². The Bertz CT molecular complexity index is 555. The highest BCUT2D eigenvalue weighted by Gasteiger charge is 2.18. The standard InChI is InChI=1S/C23H31N/c1-4-10-21(11-5-1)12-8-3-9-17-24-18-15-23(16-19-24)20-22-13-6-2-7-14-22/h1-2,4-7,10-11,13-14,23H,3,8-9,12,15-20H2. The Morgan fingerprint density at radius 2 is 1.33 bits per heavy atom. The Kier molecular flexibility index (Phi) is 6.92. The van der Waals surface area contributed by atoms with Crippen LogP contribution in [-0.4, -0.2) is 24.5 Å². The first-order valence-corrected chi connectivity index (χ1v) is 9.70. The Labute approximate surface area is 147 Å². The van der Waals surface area contributed by atoms with Crippen LogP contribution in [0, 0.1) is 5.92 Å². The third-order valence-corrected chi connectivity index (χ3v) is 5.36. The lowest BCUT2D eigenvalue weighted by atomic mass is 9.90. The summed E-state index contributed by atoms with van der Waals surface area (Å²) in [7, 11) is 0. The highest BCUT2D eigenvalue weighted by atomic mass is 15.1. The zero-order valence-electron chi connectivity index (χ0n) is 14.9. The van der Waals surface area contributed by atoms with Crippen molar-refractivity contribution in [2.75, 3.05) is 19.6 Å². The second-order valence-corrected chi connectivity index (χ2v) is 7.27. The minimum atomic E-state index is 0.890. The first kappa shape index (κ1) is 17.2. The summed E-state index contributed by atoms with van der Waals surface area (Å²) in [4.78, 5) is 2.68. The van der Waals surface area contributed by atoms with Crippen LogP contribution in [0.3, 0.4) is 0 Å². The summed E-state index contributed by atoms with van der Waals surface area (Å²) in [5, 5.41) is 0. The maximum absolute atomic E-state index is 2.68. The van der Waals surface area contributed by atoms with E-state index in [1.165, 1.54) is 75.7 Å². The molecular formula is C23H31N. The van der Waals surface area contributed by atoms with Gasteiger partial charge in [0.05, 0.1) is 0 Å². The molecule has 2 aromatic rings. The van der Waals surface area contributed by atoms with Gasteiger partial charge in [-0.3, -0.25) is 0 Å². The molecular weight excluding hydrogens is 290 g/mol. The highest BCUT2D eigenvalue weighted by Crippen LogP contribution is 2.22. The fraction of sp³-hybridized carbons (Fsp3) is 0.478. The zero-order valence-corrected chi connectivity index (χ0v) is 14.9. The summed E-state index contributed by atoms with van der Waals surface area (Å²) in [5.41, 5.74) is 3.00. The number of rotatable bonds is 8. The van der Waals surface area contributed by atoms with Crippen molar-refractivity contribution in [2.45, 2.75) is 44.9 Å². The molecule has 3 rings (SSSR count). The first-order chi connectivity index (χ1) is 11.9. The van der Waals surface area contributed by atoms with E-state index in [1.54, 1.807) is 0 Å². The predicted molar refractivity (Wildman–Crippen MR) is 103 cm³/mol. The molecule has 2 aromatic carbocycles. The molecule has 1 nitrogen and oxygen atoms in total. The molecule has 0 N–H and O–H groups in total. The van der Waals surface area contributed by atoms with Gasteiger partial charge in [-0.25, -0.2) is 0 Å². The minimum absolute atomic E-state index is 0.890. The molecule has 0 amide bonds. The van der Waals surface area contributed by atoms with E-state index in [2.05, 4.69) is 65.6 Å². The quantitative estimate of drug-likeness (QED) is 0.592. The molecule has 0 saturated carbocycles. The molecule has 1 aliphatic rings. The smallest absolute Gasteiger partial charge is 0.00160 e. The molecule has 1 heterocycles. The monoisotopic (exact) mass is 321 g/mol. The number of unbranched alkanes of at least 4 members (excludes halogenated alkanes) is 2. The fourth-order valence-corrected chi connectivity index (χ4v) is 3.85. The normalized spacial score (nSPS) is 16.3. The number of benzene rings is 2. The van der Waals surface area contributed by atoms with Crippen LogP contribution in [0.4, 0.5) is 0 Å². The van der Waals surface area contributed by atoms with Crippen molar-refractivity contribution >= 4 is 0 Å². The number of aryl methyl sites for hydroxylation is 1. The third-order valence-electron chi connectivity index (χ3n) is 5.36. The Morgan fingerprint density at radius 3 is 2.00 bits per heavy atom. The first-order valence-electron chi connectivity index (χ1n) is 9.70. The molecule has 0 aliphatic carbocycles. The number of nitrogens with zero attached hydrogens (tertiary/aromatic N) is 1. The maximum Gasteiger partial charge on any atom is -0.00160 e. The number of piperidine rings is 1. The van der Waals surface area contributed by atoms with Gasteiger partial charge in [0.25, 0.3) is 0 Å². The molecule has 1 saturated heterocycles. The molecule has 0 aromatic heterocycles. The summed E-state index contributed by atoms with van der Waals surface area (Å²) in [5.74, 6) is 0.890. The van der Waals surface area contributed by atoms with Gasteiger partial charge >= 0.3 is 0 Å². The third kappa shape index (κ3) is 5.79. The molecule has 1 heteroatoms. The van der Waals surface area contributed by atoms with Crippen LogP contribution < -0.4 is 0 Å². The van der Waals surface area contributed by atoms with Gasteiger partial charge in [0.1, 0.15) is 0 Å². The summed E-state index contributed by atoms with van der Waals surface area (Å²) >= 11 is 0. The highest BCUT2D eigenvalue weighted by molar-refractivity contribution is 5.15. The van der Waals surface area contributed by atoms with Crippen molar-refractivity contribution in [3.63, 3.8) is 0 Å². The predicted octanol–water partition coefficient (Wildman–Crippen LogP) is 5.35. The van der Waals surface area contributed by atoms with Crippen LogP contribution in [0.5, 0.6) is 0 Å². The molecule has 0 bridgehead atoms. The fourth-order valence-electron chi connectivity index (χ4n) is 3.85. The van der Waals surface area contributed by atoms with E-state index >= 15 is 0 Å². The lowest BCUT2D eigenvalue weighted by Crippen LogP contribution is -2.35. The number of likely N-dealkylation sites (tertiary alicyclic amines) is 1. The summed E-state index contributed by atoms with van der Waals surface area (Å²) in [6.45, 7) is 3.90. The van der Waals surface area contributed by atoms with Gasteiger partial charge in [0.15, 0.2) is 0 Å². The van der Waals surface area contributed by atoms with Crippen molar-refractivity contribution in [2.24, 2.45) is 5.92 Å². The summed E-state index contributed by atoms with van der Waals surface area (Å²) in [6, 6.07) is 21.9. The van der Waals surface area contributed by atoms with Crippen molar-refractivity contribution in [1.82, 2.24) is 4.90 Å². The second-order valence-electron chi connectivity index (χ2n) is 7.27. The van der Waals surface area contributed by atoms with Gasteiger partial charge in [0.2, 0.25) is 0 Å². The molecule has 128 valence electrons. The Balaban J connectivity index is 1.26. The number of hydrogen-bond acceptors (Lipinski definition) is 1. The van der Waals surface area contributed by atoms with Gasteiger partial charge in [0, 0.05) is 0 Å². The van der Waals surface area contributed by atoms with Crippen LogP contribution in [0.25, 0.3) is 0 Å². The number of hydrogen-bond donors (Lipinski definition) is 0. The van der Waals surface area contributed by atoms with Crippen molar-refractivity contribution < 1.29 is 0 Å². The second kappa shape index (κ2) is 9.64. The maximum atomic E-state index is 2.68. The van der Waals surface area contributed by atoms with Gasteiger partial charge in [-0.15, -0.1) is 0 Å². The molecule has 1 aliphatic heterocycles. The topological polar surface area (TPSA) is 3.24 Å². The largest absolute Gasteiger partial charge is 0.303 e. The minimum Gasteiger partial charge on any atom is -0.303 e. The van der Waals surface area contributed by atoms with Crippen molar-refractivity contribution in [3.8, 4) is 0 Å². The molecule has 1 fully saturated rings. The van der Waals surface area contributed by atoms with E-state index in [9.17, 15) is 0 Å². The Morgan fingerprint density at radius 1 is 0.708 bits per heavy atom. The zero-order chi connectivity index (χ0) is 16.5. The molecule has 0 atom stereocenters. The average molecular weight is 322 g/mol. The van der Waals surface area contributed by atoms with E-state index in [0.717, 1.165) is 5.92 Å². The summed E-state index contributed by atoms with van der Waals surface area (Å²) in [6.07, 6.45) is 9.30. The average Bonchev–Trinajstić information content (AvgIpc) is 2.65. The molecule has 24 heavy (non-hydrogen) atoms.